The van der Waals surface area contributed by atoms with E-state index in [-0.39, 0.29) is 0 Å². The number of hydrogen-bond donors (Lipinski definition) is 0. The lowest BCUT2D eigenvalue weighted by molar-refractivity contribution is 0.307. The maximum absolute atomic E-state index is 5.99. The highest BCUT2D eigenvalue weighted by molar-refractivity contribution is 6.00. The van der Waals surface area contributed by atoms with Gasteiger partial charge >= 0.3 is 0 Å². The summed E-state index contributed by atoms with van der Waals surface area (Å²) in [5, 5.41) is 2.42. The van der Waals surface area contributed by atoms with Gasteiger partial charge in [0.25, 0.3) is 0 Å². The normalized spacial score (nSPS) is 13.3. The lowest BCUT2D eigenvalue weighted by Gasteiger charge is -2.12. The van der Waals surface area contributed by atoms with Crippen molar-refractivity contribution in [1.29, 1.82) is 0 Å². The standard InChI is InChI=1S/C19H14O/c1-13-16-8-4-3-7-15(16)12-20-18-11-10-14-6-2-5-9-17(14)19(13)18/h2-11H,1,12H2. The zero-order chi connectivity index (χ0) is 13.5. The van der Waals surface area contributed by atoms with Gasteiger partial charge in [0.15, 0.2) is 0 Å². The number of rotatable bonds is 0. The molecule has 0 bridgehead atoms. The quantitative estimate of drug-likeness (QED) is 0.563. The van der Waals surface area contributed by atoms with E-state index in [4.69, 9.17) is 4.74 Å². The molecule has 0 saturated carbocycles. The highest BCUT2D eigenvalue weighted by Crippen LogP contribution is 2.39. The van der Waals surface area contributed by atoms with Crippen LogP contribution < -0.4 is 4.74 Å². The highest BCUT2D eigenvalue weighted by Gasteiger charge is 2.19. The van der Waals surface area contributed by atoms with Gasteiger partial charge in [0.1, 0.15) is 12.4 Å². The Morgan fingerprint density at radius 1 is 0.850 bits per heavy atom. The molecule has 4 rings (SSSR count). The van der Waals surface area contributed by atoms with Crippen molar-refractivity contribution in [2.45, 2.75) is 6.61 Å². The predicted octanol–water partition coefficient (Wildman–Crippen LogP) is 4.79. The van der Waals surface area contributed by atoms with E-state index in [1.165, 1.54) is 21.9 Å². The smallest absolute Gasteiger partial charge is 0.128 e. The van der Waals surface area contributed by atoms with E-state index in [1.807, 2.05) is 6.07 Å². The summed E-state index contributed by atoms with van der Waals surface area (Å²) in [6, 6.07) is 20.9. The van der Waals surface area contributed by atoms with Crippen LogP contribution in [-0.4, -0.2) is 0 Å². The lowest BCUT2D eigenvalue weighted by Crippen LogP contribution is -1.94. The molecule has 0 aromatic heterocycles. The van der Waals surface area contributed by atoms with Crippen molar-refractivity contribution in [3.63, 3.8) is 0 Å². The first kappa shape index (κ1) is 11.3. The van der Waals surface area contributed by atoms with Gasteiger partial charge in [0, 0.05) is 5.56 Å². The molecule has 1 aliphatic heterocycles. The van der Waals surface area contributed by atoms with Crippen LogP contribution in [-0.2, 0) is 6.61 Å². The maximum Gasteiger partial charge on any atom is 0.128 e. The first-order valence-corrected chi connectivity index (χ1v) is 6.77. The monoisotopic (exact) mass is 258 g/mol. The summed E-state index contributed by atoms with van der Waals surface area (Å²) in [5.41, 5.74) is 4.54. The number of fused-ring (bicyclic) bond motifs is 4. The van der Waals surface area contributed by atoms with Crippen LogP contribution in [0.3, 0.4) is 0 Å². The van der Waals surface area contributed by atoms with Gasteiger partial charge in [-0.1, -0.05) is 61.2 Å². The minimum absolute atomic E-state index is 0.598. The molecule has 0 N–H and O–H groups in total. The third kappa shape index (κ3) is 1.56. The summed E-state index contributed by atoms with van der Waals surface area (Å²) >= 11 is 0. The van der Waals surface area contributed by atoms with Crippen LogP contribution in [0, 0.1) is 0 Å². The largest absolute Gasteiger partial charge is 0.488 e. The SMILES string of the molecule is C=C1c2ccccc2COc2ccc3ccccc3c21. The Balaban J connectivity index is 2.06. The first-order chi connectivity index (χ1) is 9.84. The van der Waals surface area contributed by atoms with Crippen LogP contribution in [0.5, 0.6) is 5.75 Å². The Labute approximate surface area is 118 Å². The average molecular weight is 258 g/mol. The second-order valence-electron chi connectivity index (χ2n) is 5.08. The van der Waals surface area contributed by atoms with Crippen LogP contribution in [0.2, 0.25) is 0 Å². The molecule has 0 amide bonds. The van der Waals surface area contributed by atoms with Gasteiger partial charge in [-0.15, -0.1) is 0 Å². The maximum atomic E-state index is 5.99. The molecule has 0 unspecified atom stereocenters. The molecule has 0 radical (unpaired) electrons. The second-order valence-corrected chi connectivity index (χ2v) is 5.08. The van der Waals surface area contributed by atoms with Crippen LogP contribution in [0.15, 0.2) is 67.2 Å². The molecule has 20 heavy (non-hydrogen) atoms. The van der Waals surface area contributed by atoms with Crippen LogP contribution in [0.4, 0.5) is 0 Å². The zero-order valence-electron chi connectivity index (χ0n) is 11.1. The number of benzene rings is 3. The van der Waals surface area contributed by atoms with Crippen LogP contribution in [0.25, 0.3) is 16.3 Å². The molecule has 96 valence electrons. The molecular formula is C19H14O. The van der Waals surface area contributed by atoms with Gasteiger partial charge in [0.2, 0.25) is 0 Å². The fraction of sp³-hybridized carbons (Fsp3) is 0.0526. The van der Waals surface area contributed by atoms with Gasteiger partial charge in [-0.25, -0.2) is 0 Å². The van der Waals surface area contributed by atoms with E-state index >= 15 is 0 Å². The van der Waals surface area contributed by atoms with Crippen molar-refractivity contribution >= 4 is 16.3 Å². The van der Waals surface area contributed by atoms with E-state index in [0.29, 0.717) is 6.61 Å². The Kier molecular flexibility index (Phi) is 2.40. The molecular weight excluding hydrogens is 244 g/mol. The van der Waals surface area contributed by atoms with Crippen molar-refractivity contribution in [3.05, 3.63) is 83.9 Å². The molecule has 1 heteroatoms. The molecule has 0 spiro atoms. The van der Waals surface area contributed by atoms with Gasteiger partial charge in [0.05, 0.1) is 0 Å². The van der Waals surface area contributed by atoms with Gasteiger partial charge in [-0.2, -0.15) is 0 Å². The minimum atomic E-state index is 0.598. The molecule has 3 aromatic rings. The Bertz CT molecular complexity index is 830. The molecule has 3 aromatic carbocycles. The number of ether oxygens (including phenoxy) is 1. The van der Waals surface area contributed by atoms with Crippen LogP contribution >= 0.6 is 0 Å². The van der Waals surface area contributed by atoms with Crippen molar-refractivity contribution in [3.8, 4) is 5.75 Å². The summed E-state index contributed by atoms with van der Waals surface area (Å²) < 4.78 is 5.99. The van der Waals surface area contributed by atoms with Gasteiger partial charge < -0.3 is 4.74 Å². The second kappa shape index (κ2) is 4.24. The van der Waals surface area contributed by atoms with Crippen LogP contribution in [0.1, 0.15) is 16.7 Å². The van der Waals surface area contributed by atoms with E-state index in [9.17, 15) is 0 Å². The summed E-state index contributed by atoms with van der Waals surface area (Å²) in [4.78, 5) is 0. The molecule has 1 aliphatic rings. The average Bonchev–Trinajstić information content (AvgIpc) is 2.65. The van der Waals surface area contributed by atoms with E-state index in [2.05, 4.69) is 61.2 Å². The summed E-state index contributed by atoms with van der Waals surface area (Å²) in [6.07, 6.45) is 0. The third-order valence-electron chi connectivity index (χ3n) is 3.92. The first-order valence-electron chi connectivity index (χ1n) is 6.77. The van der Waals surface area contributed by atoms with Crippen molar-refractivity contribution in [1.82, 2.24) is 0 Å². The van der Waals surface area contributed by atoms with Gasteiger partial charge in [-0.05, 0) is 33.5 Å². The number of hydrogen-bond acceptors (Lipinski definition) is 1. The highest BCUT2D eigenvalue weighted by atomic mass is 16.5. The molecule has 1 nitrogen and oxygen atoms in total. The topological polar surface area (TPSA) is 9.23 Å². The Morgan fingerprint density at radius 2 is 1.65 bits per heavy atom. The van der Waals surface area contributed by atoms with Crippen molar-refractivity contribution in [2.75, 3.05) is 0 Å². The molecule has 0 aliphatic carbocycles. The van der Waals surface area contributed by atoms with Gasteiger partial charge in [-0.3, -0.25) is 0 Å². The molecule has 0 fully saturated rings. The predicted molar refractivity (Wildman–Crippen MR) is 82.9 cm³/mol. The zero-order valence-corrected chi connectivity index (χ0v) is 11.1. The minimum Gasteiger partial charge on any atom is -0.488 e. The summed E-state index contributed by atoms with van der Waals surface area (Å²) in [6.45, 7) is 4.92. The van der Waals surface area contributed by atoms with Crippen molar-refractivity contribution < 1.29 is 4.74 Å². The fourth-order valence-corrected chi connectivity index (χ4v) is 2.91. The van der Waals surface area contributed by atoms with Crippen molar-refractivity contribution in [2.24, 2.45) is 0 Å². The molecule has 0 atom stereocenters. The summed E-state index contributed by atoms with van der Waals surface area (Å²) in [7, 11) is 0. The van der Waals surface area contributed by atoms with E-state index in [1.54, 1.807) is 0 Å². The van der Waals surface area contributed by atoms with E-state index < -0.39 is 0 Å². The Morgan fingerprint density at radius 3 is 2.60 bits per heavy atom. The van der Waals surface area contributed by atoms with E-state index in [0.717, 1.165) is 16.9 Å². The molecule has 1 heterocycles. The lowest BCUT2D eigenvalue weighted by atomic mass is 9.92. The fourth-order valence-electron chi connectivity index (χ4n) is 2.91. The molecule has 0 saturated heterocycles. The summed E-state index contributed by atoms with van der Waals surface area (Å²) in [5.74, 6) is 0.921. The third-order valence-corrected chi connectivity index (χ3v) is 3.92. The Hall–Kier alpha value is -2.54.